The zero-order valence-electron chi connectivity index (χ0n) is 10.00. The molecule has 0 amide bonds. The second-order valence-electron chi connectivity index (χ2n) is 4.82. The fourth-order valence-corrected chi connectivity index (χ4v) is 1.77. The second-order valence-corrected chi connectivity index (χ2v) is 5.38. The number of nitrogens with zero attached hydrogens (tertiary/aromatic N) is 2. The molecule has 0 radical (unpaired) electrons. The van der Waals surface area contributed by atoms with Crippen molar-refractivity contribution >= 4 is 21.6 Å². The molecule has 2 nitrogen and oxygen atoms in total. The molecule has 0 heterocycles. The summed E-state index contributed by atoms with van der Waals surface area (Å²) in [5.41, 5.74) is 2.02. The van der Waals surface area contributed by atoms with Gasteiger partial charge in [0.2, 0.25) is 0 Å². The quantitative estimate of drug-likeness (QED) is 0.791. The van der Waals surface area contributed by atoms with Gasteiger partial charge in [-0.15, -0.1) is 0 Å². The number of benzene rings is 1. The molecule has 1 aromatic carbocycles. The van der Waals surface area contributed by atoms with Gasteiger partial charge in [0.15, 0.2) is 0 Å². The van der Waals surface area contributed by atoms with Crippen molar-refractivity contribution in [3.63, 3.8) is 0 Å². The van der Waals surface area contributed by atoms with Gasteiger partial charge >= 0.3 is 0 Å². The number of alkyl halides is 1. The highest BCUT2D eigenvalue weighted by Crippen LogP contribution is 2.23. The fourth-order valence-electron chi connectivity index (χ4n) is 1.59. The molecule has 0 N–H and O–H groups in total. The lowest BCUT2D eigenvalue weighted by Gasteiger charge is -2.30. The first kappa shape index (κ1) is 13.1. The molecule has 0 saturated carbocycles. The number of nitriles is 1. The van der Waals surface area contributed by atoms with Gasteiger partial charge in [0.05, 0.1) is 11.6 Å². The van der Waals surface area contributed by atoms with E-state index < -0.39 is 0 Å². The van der Waals surface area contributed by atoms with E-state index in [0.717, 1.165) is 17.6 Å². The van der Waals surface area contributed by atoms with Gasteiger partial charge in [-0.05, 0) is 23.6 Å². The van der Waals surface area contributed by atoms with Crippen LogP contribution >= 0.6 is 15.9 Å². The van der Waals surface area contributed by atoms with Gasteiger partial charge in [-0.1, -0.05) is 35.8 Å². The molecule has 0 atom stereocenters. The van der Waals surface area contributed by atoms with Crippen LogP contribution in [-0.4, -0.2) is 18.9 Å². The standard InChI is InChI=1S/C13H17BrN2/c1-13(2,9-14)10-16(3)12-6-4-5-11(7-12)8-15/h4-7H,9-10H2,1-3H3. The Morgan fingerprint density at radius 3 is 2.69 bits per heavy atom. The van der Waals surface area contributed by atoms with Crippen LogP contribution in [0, 0.1) is 16.7 Å². The van der Waals surface area contributed by atoms with Gasteiger partial charge in [-0.2, -0.15) is 5.26 Å². The number of anilines is 1. The first-order valence-electron chi connectivity index (χ1n) is 5.26. The molecule has 0 spiro atoms. The zero-order valence-corrected chi connectivity index (χ0v) is 11.6. The number of rotatable bonds is 4. The summed E-state index contributed by atoms with van der Waals surface area (Å²) in [5, 5.41) is 9.81. The summed E-state index contributed by atoms with van der Waals surface area (Å²) >= 11 is 3.52. The summed E-state index contributed by atoms with van der Waals surface area (Å²) in [6.45, 7) is 5.38. The summed E-state index contributed by atoms with van der Waals surface area (Å²) in [5.74, 6) is 0. The molecule has 16 heavy (non-hydrogen) atoms. The average molecular weight is 281 g/mol. The summed E-state index contributed by atoms with van der Waals surface area (Å²) in [4.78, 5) is 2.18. The summed E-state index contributed by atoms with van der Waals surface area (Å²) in [6, 6.07) is 9.87. The first-order valence-corrected chi connectivity index (χ1v) is 6.38. The van der Waals surface area contributed by atoms with Crippen molar-refractivity contribution in [2.24, 2.45) is 5.41 Å². The fraction of sp³-hybridized carbons (Fsp3) is 0.462. The lowest BCUT2D eigenvalue weighted by Crippen LogP contribution is -2.32. The maximum Gasteiger partial charge on any atom is 0.0992 e. The van der Waals surface area contributed by atoms with Crippen LogP contribution in [0.4, 0.5) is 5.69 Å². The maximum absolute atomic E-state index is 8.85. The summed E-state index contributed by atoms with van der Waals surface area (Å²) in [7, 11) is 2.06. The molecule has 86 valence electrons. The second kappa shape index (κ2) is 5.36. The van der Waals surface area contributed by atoms with Crippen molar-refractivity contribution < 1.29 is 0 Å². The number of hydrogen-bond donors (Lipinski definition) is 0. The van der Waals surface area contributed by atoms with Crippen molar-refractivity contribution in [2.45, 2.75) is 13.8 Å². The van der Waals surface area contributed by atoms with Crippen LogP contribution in [0.2, 0.25) is 0 Å². The molecule has 0 bridgehead atoms. The Balaban J connectivity index is 2.81. The largest absolute Gasteiger partial charge is 0.374 e. The lowest BCUT2D eigenvalue weighted by molar-refractivity contribution is 0.432. The molecule has 0 aliphatic rings. The van der Waals surface area contributed by atoms with Crippen molar-refractivity contribution in [3.8, 4) is 6.07 Å². The summed E-state index contributed by atoms with van der Waals surface area (Å²) < 4.78 is 0. The van der Waals surface area contributed by atoms with Crippen LogP contribution in [0.1, 0.15) is 19.4 Å². The molecule has 1 aromatic rings. The van der Waals surface area contributed by atoms with Gasteiger partial charge in [0, 0.05) is 24.6 Å². The summed E-state index contributed by atoms with van der Waals surface area (Å²) in [6.07, 6.45) is 0. The predicted molar refractivity (Wildman–Crippen MR) is 72.0 cm³/mol. The van der Waals surface area contributed by atoms with Crippen LogP contribution in [0.25, 0.3) is 0 Å². The minimum atomic E-state index is 0.220. The molecule has 0 aliphatic heterocycles. The van der Waals surface area contributed by atoms with Crippen molar-refractivity contribution in [3.05, 3.63) is 29.8 Å². The molecule has 1 rings (SSSR count). The highest BCUT2D eigenvalue weighted by atomic mass is 79.9. The van der Waals surface area contributed by atoms with Gasteiger partial charge in [-0.3, -0.25) is 0 Å². The Morgan fingerprint density at radius 1 is 1.44 bits per heavy atom. The van der Waals surface area contributed by atoms with Gasteiger partial charge in [0.1, 0.15) is 0 Å². The van der Waals surface area contributed by atoms with Crippen LogP contribution in [0.5, 0.6) is 0 Å². The molecular weight excluding hydrogens is 264 g/mol. The first-order chi connectivity index (χ1) is 7.48. The maximum atomic E-state index is 8.85. The monoisotopic (exact) mass is 280 g/mol. The molecule has 0 saturated heterocycles. The Labute approximate surface area is 106 Å². The Morgan fingerprint density at radius 2 is 2.12 bits per heavy atom. The number of hydrogen-bond acceptors (Lipinski definition) is 2. The van der Waals surface area contributed by atoms with Gasteiger partial charge < -0.3 is 4.90 Å². The Hall–Kier alpha value is -1.01. The smallest absolute Gasteiger partial charge is 0.0992 e. The third-order valence-electron chi connectivity index (χ3n) is 2.44. The van der Waals surface area contributed by atoms with E-state index in [9.17, 15) is 0 Å². The van der Waals surface area contributed by atoms with E-state index >= 15 is 0 Å². The topological polar surface area (TPSA) is 27.0 Å². The lowest BCUT2D eigenvalue weighted by atomic mass is 9.96. The Kier molecular flexibility index (Phi) is 4.37. The number of halogens is 1. The minimum absolute atomic E-state index is 0.220. The highest BCUT2D eigenvalue weighted by molar-refractivity contribution is 9.09. The zero-order chi connectivity index (χ0) is 12.2. The molecule has 0 aliphatic carbocycles. The molecule has 3 heteroatoms. The van der Waals surface area contributed by atoms with Crippen molar-refractivity contribution in [1.82, 2.24) is 0 Å². The predicted octanol–water partition coefficient (Wildman–Crippen LogP) is 3.42. The van der Waals surface area contributed by atoms with E-state index in [1.165, 1.54) is 0 Å². The van der Waals surface area contributed by atoms with E-state index in [-0.39, 0.29) is 5.41 Å². The average Bonchev–Trinajstić information content (AvgIpc) is 2.28. The van der Waals surface area contributed by atoms with Crippen LogP contribution in [0.15, 0.2) is 24.3 Å². The SMILES string of the molecule is CN(CC(C)(C)CBr)c1cccc(C#N)c1. The van der Waals surface area contributed by atoms with Crippen LogP contribution < -0.4 is 4.90 Å². The van der Waals surface area contributed by atoms with Crippen molar-refractivity contribution in [2.75, 3.05) is 23.8 Å². The highest BCUT2D eigenvalue weighted by Gasteiger charge is 2.18. The van der Waals surface area contributed by atoms with Crippen LogP contribution in [-0.2, 0) is 0 Å². The van der Waals surface area contributed by atoms with Gasteiger partial charge in [0.25, 0.3) is 0 Å². The molecule has 0 aromatic heterocycles. The molecule has 0 unspecified atom stereocenters. The third kappa shape index (κ3) is 3.53. The molecule has 0 fully saturated rings. The van der Waals surface area contributed by atoms with E-state index in [0.29, 0.717) is 5.56 Å². The minimum Gasteiger partial charge on any atom is -0.374 e. The van der Waals surface area contributed by atoms with E-state index in [1.54, 1.807) is 0 Å². The van der Waals surface area contributed by atoms with Crippen LogP contribution in [0.3, 0.4) is 0 Å². The molecular formula is C13H17BrN2. The third-order valence-corrected chi connectivity index (χ3v) is 3.96. The van der Waals surface area contributed by atoms with Gasteiger partial charge in [-0.25, -0.2) is 0 Å². The van der Waals surface area contributed by atoms with Crippen molar-refractivity contribution in [1.29, 1.82) is 5.26 Å². The normalized spacial score (nSPS) is 10.9. The Bertz CT molecular complexity index is 393. The van der Waals surface area contributed by atoms with E-state index in [1.807, 2.05) is 24.3 Å². The van der Waals surface area contributed by atoms with E-state index in [2.05, 4.69) is 47.8 Å². The van der Waals surface area contributed by atoms with E-state index in [4.69, 9.17) is 5.26 Å².